The number of nitrogens with two attached hydrogens (primary N) is 1. The van der Waals surface area contributed by atoms with Gasteiger partial charge in [0, 0.05) is 18.2 Å². The fourth-order valence-electron chi connectivity index (χ4n) is 2.88. The van der Waals surface area contributed by atoms with Gasteiger partial charge in [0.05, 0.1) is 7.11 Å². The number of hydrogen-bond acceptors (Lipinski definition) is 3. The Bertz CT molecular complexity index is 436. The lowest BCUT2D eigenvalue weighted by atomic mass is 9.95. The quantitative estimate of drug-likeness (QED) is 0.895. The first-order chi connectivity index (χ1) is 8.58. The molecule has 1 aromatic carbocycles. The highest BCUT2D eigenvalue weighted by Crippen LogP contribution is 2.40. The van der Waals surface area contributed by atoms with Crippen LogP contribution in [0.3, 0.4) is 0 Å². The van der Waals surface area contributed by atoms with Crippen LogP contribution in [0.1, 0.15) is 23.6 Å². The van der Waals surface area contributed by atoms with Crippen LogP contribution in [0.5, 0.6) is 5.75 Å². The van der Waals surface area contributed by atoms with Gasteiger partial charge in [-0.05, 0) is 50.6 Å². The minimum atomic E-state index is -0.171. The number of benzene rings is 1. The van der Waals surface area contributed by atoms with Crippen LogP contribution in [0.2, 0.25) is 0 Å². The fraction of sp³-hybridized carbons (Fsp3) is 0.571. The molecule has 2 unspecified atom stereocenters. The summed E-state index contributed by atoms with van der Waals surface area (Å²) in [5.74, 6) is 1.08. The Morgan fingerprint density at radius 2 is 2.22 bits per heavy atom. The lowest BCUT2D eigenvalue weighted by Crippen LogP contribution is -2.21. The molecule has 4 heteroatoms. The summed E-state index contributed by atoms with van der Waals surface area (Å²) in [4.78, 5) is 2.24. The summed E-state index contributed by atoms with van der Waals surface area (Å²) in [6, 6.07) is 3.37. The maximum absolute atomic E-state index is 13.8. The minimum absolute atomic E-state index is 0.171. The molecular weight excluding hydrogens is 231 g/mol. The third-order valence-electron chi connectivity index (χ3n) is 3.93. The molecule has 1 aliphatic rings. The van der Waals surface area contributed by atoms with Crippen molar-refractivity contribution in [3.63, 3.8) is 0 Å². The van der Waals surface area contributed by atoms with Crippen molar-refractivity contribution in [3.8, 4) is 5.75 Å². The Labute approximate surface area is 108 Å². The highest BCUT2D eigenvalue weighted by molar-refractivity contribution is 5.43. The smallest absolute Gasteiger partial charge is 0.126 e. The largest absolute Gasteiger partial charge is 0.496 e. The molecule has 0 spiro atoms. The third-order valence-corrected chi connectivity index (χ3v) is 3.93. The number of nitrogens with zero attached hydrogens (tertiary/aromatic N) is 1. The van der Waals surface area contributed by atoms with Crippen LogP contribution in [-0.2, 0) is 0 Å². The number of ether oxygens (including phenoxy) is 1. The van der Waals surface area contributed by atoms with Gasteiger partial charge in [0.2, 0.25) is 0 Å². The molecule has 18 heavy (non-hydrogen) atoms. The van der Waals surface area contributed by atoms with E-state index < -0.39 is 0 Å². The summed E-state index contributed by atoms with van der Waals surface area (Å²) in [6.07, 6.45) is 0.966. The number of rotatable bonds is 3. The molecular formula is C14H21FN2O. The van der Waals surface area contributed by atoms with Crippen LogP contribution in [0.15, 0.2) is 12.1 Å². The van der Waals surface area contributed by atoms with Gasteiger partial charge < -0.3 is 10.5 Å². The van der Waals surface area contributed by atoms with Crippen molar-refractivity contribution in [1.29, 1.82) is 0 Å². The molecule has 2 rings (SSSR count). The molecule has 100 valence electrons. The monoisotopic (exact) mass is 252 g/mol. The van der Waals surface area contributed by atoms with E-state index in [1.807, 2.05) is 6.92 Å². The summed E-state index contributed by atoms with van der Waals surface area (Å²) >= 11 is 0. The zero-order chi connectivity index (χ0) is 13.3. The predicted molar refractivity (Wildman–Crippen MR) is 70.2 cm³/mol. The number of hydrogen-bond donors (Lipinski definition) is 1. The Kier molecular flexibility index (Phi) is 3.88. The topological polar surface area (TPSA) is 38.5 Å². The van der Waals surface area contributed by atoms with Crippen LogP contribution in [0.25, 0.3) is 0 Å². The first-order valence-corrected chi connectivity index (χ1v) is 6.31. The maximum atomic E-state index is 13.8. The Balaban J connectivity index is 2.41. The van der Waals surface area contributed by atoms with Gasteiger partial charge in [0.1, 0.15) is 11.6 Å². The van der Waals surface area contributed by atoms with Gasteiger partial charge in [0.15, 0.2) is 0 Å². The van der Waals surface area contributed by atoms with Gasteiger partial charge in [0.25, 0.3) is 0 Å². The molecule has 0 amide bonds. The van der Waals surface area contributed by atoms with Crippen molar-refractivity contribution >= 4 is 0 Å². The van der Waals surface area contributed by atoms with E-state index in [9.17, 15) is 4.39 Å². The summed E-state index contributed by atoms with van der Waals surface area (Å²) in [7, 11) is 3.69. The van der Waals surface area contributed by atoms with Crippen molar-refractivity contribution in [2.45, 2.75) is 19.4 Å². The highest BCUT2D eigenvalue weighted by Gasteiger charge is 2.33. The molecule has 1 heterocycles. The van der Waals surface area contributed by atoms with E-state index in [2.05, 4.69) is 11.9 Å². The average molecular weight is 252 g/mol. The van der Waals surface area contributed by atoms with Gasteiger partial charge in [-0.1, -0.05) is 0 Å². The van der Waals surface area contributed by atoms with E-state index in [1.165, 1.54) is 6.07 Å². The normalized spacial score (nSPS) is 24.5. The highest BCUT2D eigenvalue weighted by atomic mass is 19.1. The second kappa shape index (κ2) is 5.24. The minimum Gasteiger partial charge on any atom is -0.496 e. The Hall–Kier alpha value is -1.13. The predicted octanol–water partition coefficient (Wildman–Crippen LogP) is 2.09. The van der Waals surface area contributed by atoms with Crippen molar-refractivity contribution in [1.82, 2.24) is 4.90 Å². The second-order valence-corrected chi connectivity index (χ2v) is 5.08. The summed E-state index contributed by atoms with van der Waals surface area (Å²) < 4.78 is 19.1. The molecule has 3 nitrogen and oxygen atoms in total. The number of halogens is 1. The molecule has 1 saturated heterocycles. The van der Waals surface area contributed by atoms with Gasteiger partial charge >= 0.3 is 0 Å². The molecule has 2 N–H and O–H groups in total. The van der Waals surface area contributed by atoms with Gasteiger partial charge in [-0.15, -0.1) is 0 Å². The molecule has 0 bridgehead atoms. The molecule has 1 aromatic rings. The van der Waals surface area contributed by atoms with Crippen LogP contribution in [-0.4, -0.2) is 32.1 Å². The Morgan fingerprint density at radius 3 is 2.78 bits per heavy atom. The molecule has 1 aliphatic heterocycles. The fourth-order valence-corrected chi connectivity index (χ4v) is 2.88. The van der Waals surface area contributed by atoms with Crippen molar-refractivity contribution in [3.05, 3.63) is 29.1 Å². The number of likely N-dealkylation sites (tertiary alicyclic amines) is 1. The summed E-state index contributed by atoms with van der Waals surface area (Å²) in [5, 5.41) is 0. The zero-order valence-electron chi connectivity index (χ0n) is 11.2. The summed E-state index contributed by atoms with van der Waals surface area (Å²) in [5.41, 5.74) is 7.40. The first-order valence-electron chi connectivity index (χ1n) is 6.31. The molecule has 1 fully saturated rings. The van der Waals surface area contributed by atoms with E-state index in [0.29, 0.717) is 18.0 Å². The first kappa shape index (κ1) is 13.3. The van der Waals surface area contributed by atoms with E-state index in [-0.39, 0.29) is 11.9 Å². The SMILES string of the molecule is COc1ccc(F)c(C)c1C1CC(CN)CN1C. The van der Waals surface area contributed by atoms with Gasteiger partial charge in [-0.3, -0.25) is 4.90 Å². The average Bonchev–Trinajstić information content (AvgIpc) is 2.73. The number of methoxy groups -OCH3 is 1. The van der Waals surface area contributed by atoms with Crippen LogP contribution < -0.4 is 10.5 Å². The van der Waals surface area contributed by atoms with E-state index in [0.717, 1.165) is 24.3 Å². The Morgan fingerprint density at radius 1 is 1.50 bits per heavy atom. The molecule has 0 saturated carbocycles. The van der Waals surface area contributed by atoms with E-state index in [1.54, 1.807) is 13.2 Å². The standard InChI is InChI=1S/C14H21FN2O/c1-9-11(15)4-5-13(18-3)14(9)12-6-10(7-16)8-17(12)2/h4-5,10,12H,6-8,16H2,1-3H3. The molecule has 0 aliphatic carbocycles. The lowest BCUT2D eigenvalue weighted by Gasteiger charge is -2.24. The molecule has 2 atom stereocenters. The maximum Gasteiger partial charge on any atom is 0.126 e. The van der Waals surface area contributed by atoms with Crippen LogP contribution >= 0.6 is 0 Å². The lowest BCUT2D eigenvalue weighted by molar-refractivity contribution is 0.301. The van der Waals surface area contributed by atoms with E-state index in [4.69, 9.17) is 10.5 Å². The summed E-state index contributed by atoms with van der Waals surface area (Å²) in [6.45, 7) is 3.45. The molecule has 0 radical (unpaired) electrons. The third kappa shape index (κ3) is 2.22. The van der Waals surface area contributed by atoms with Crippen molar-refractivity contribution in [2.75, 3.05) is 27.2 Å². The second-order valence-electron chi connectivity index (χ2n) is 5.08. The van der Waals surface area contributed by atoms with Crippen LogP contribution in [0.4, 0.5) is 4.39 Å². The van der Waals surface area contributed by atoms with Gasteiger partial charge in [-0.2, -0.15) is 0 Å². The van der Waals surface area contributed by atoms with E-state index >= 15 is 0 Å². The van der Waals surface area contributed by atoms with Crippen molar-refractivity contribution < 1.29 is 9.13 Å². The van der Waals surface area contributed by atoms with Crippen LogP contribution in [0, 0.1) is 18.7 Å². The zero-order valence-corrected chi connectivity index (χ0v) is 11.2. The molecule has 0 aromatic heterocycles. The van der Waals surface area contributed by atoms with Crippen molar-refractivity contribution in [2.24, 2.45) is 11.7 Å². The van der Waals surface area contributed by atoms with Gasteiger partial charge in [-0.25, -0.2) is 4.39 Å².